The molecular weight excluding hydrogens is 497 g/mol. The number of guanidine groups is 1. The second kappa shape index (κ2) is 11.5. The number of nitrogens with one attached hydrogen (secondary N) is 3. The normalized spacial score (nSPS) is 16.6. The standard InChI is InChI=1S/C17H31N5O2S2.HI/c1-17(2,22-11-5-4-6-12-22)14-20-16(18-3)19-9-10-21-26(23,24)15-8-7-13-25-15;/h7-8,13,21H,4-6,9-12,14H2,1-3H3,(H2,18,19,20);1H. The Bertz CT molecular complexity index is 672. The minimum Gasteiger partial charge on any atom is -0.355 e. The van der Waals surface area contributed by atoms with Crippen LogP contribution in [0.3, 0.4) is 0 Å². The number of likely N-dealkylation sites (tertiary alicyclic amines) is 1. The zero-order chi connectivity index (χ0) is 19.0. The topological polar surface area (TPSA) is 85.8 Å². The zero-order valence-electron chi connectivity index (χ0n) is 16.3. The van der Waals surface area contributed by atoms with E-state index >= 15 is 0 Å². The fourth-order valence-corrected chi connectivity index (χ4v) is 5.05. The van der Waals surface area contributed by atoms with Crippen LogP contribution in [-0.4, -0.2) is 64.6 Å². The lowest BCUT2D eigenvalue weighted by molar-refractivity contribution is 0.0982. The van der Waals surface area contributed by atoms with Gasteiger partial charge in [-0.15, -0.1) is 35.3 Å². The number of hydrogen-bond donors (Lipinski definition) is 3. The van der Waals surface area contributed by atoms with Crippen LogP contribution in [0.2, 0.25) is 0 Å². The van der Waals surface area contributed by atoms with Crippen LogP contribution in [0.25, 0.3) is 0 Å². The molecule has 156 valence electrons. The molecule has 7 nitrogen and oxygen atoms in total. The summed E-state index contributed by atoms with van der Waals surface area (Å²) in [5.74, 6) is 0.686. The van der Waals surface area contributed by atoms with Gasteiger partial charge in [0.15, 0.2) is 5.96 Å². The van der Waals surface area contributed by atoms with Crippen molar-refractivity contribution in [1.82, 2.24) is 20.3 Å². The highest BCUT2D eigenvalue weighted by atomic mass is 127. The number of sulfonamides is 1. The van der Waals surface area contributed by atoms with Crippen LogP contribution in [0.15, 0.2) is 26.7 Å². The molecule has 1 fully saturated rings. The van der Waals surface area contributed by atoms with Gasteiger partial charge < -0.3 is 10.6 Å². The Kier molecular flexibility index (Phi) is 10.5. The van der Waals surface area contributed by atoms with E-state index in [4.69, 9.17) is 0 Å². The van der Waals surface area contributed by atoms with Crippen molar-refractivity contribution in [2.24, 2.45) is 4.99 Å². The maximum Gasteiger partial charge on any atom is 0.250 e. The van der Waals surface area contributed by atoms with Gasteiger partial charge in [0.05, 0.1) is 0 Å². The molecule has 1 saturated heterocycles. The van der Waals surface area contributed by atoms with Gasteiger partial charge >= 0.3 is 0 Å². The van der Waals surface area contributed by atoms with Crippen LogP contribution in [-0.2, 0) is 10.0 Å². The lowest BCUT2D eigenvalue weighted by atomic mass is 9.98. The monoisotopic (exact) mass is 529 g/mol. The molecular formula is C17H32IN5O2S2. The number of hydrogen-bond acceptors (Lipinski definition) is 5. The molecule has 10 heteroatoms. The average molecular weight is 530 g/mol. The highest BCUT2D eigenvalue weighted by Crippen LogP contribution is 2.19. The van der Waals surface area contributed by atoms with Crippen molar-refractivity contribution < 1.29 is 8.42 Å². The maximum atomic E-state index is 12.1. The second-order valence-corrected chi connectivity index (χ2v) is 9.98. The van der Waals surface area contributed by atoms with Crippen molar-refractivity contribution in [1.29, 1.82) is 0 Å². The largest absolute Gasteiger partial charge is 0.355 e. The minimum atomic E-state index is -3.41. The predicted octanol–water partition coefficient (Wildman–Crippen LogP) is 2.07. The quantitative estimate of drug-likeness (QED) is 0.208. The first kappa shape index (κ1) is 24.6. The summed E-state index contributed by atoms with van der Waals surface area (Å²) in [6, 6.07) is 3.33. The Morgan fingerprint density at radius 3 is 2.52 bits per heavy atom. The van der Waals surface area contributed by atoms with Crippen LogP contribution in [0.4, 0.5) is 0 Å². The zero-order valence-corrected chi connectivity index (χ0v) is 20.3. The molecule has 0 bridgehead atoms. The van der Waals surface area contributed by atoms with Crippen LogP contribution >= 0.6 is 35.3 Å². The smallest absolute Gasteiger partial charge is 0.250 e. The predicted molar refractivity (Wildman–Crippen MR) is 124 cm³/mol. The Balaban J connectivity index is 0.00000364. The molecule has 0 spiro atoms. The third-order valence-corrected chi connectivity index (χ3v) is 7.45. The fraction of sp³-hybridized carbons (Fsp3) is 0.706. The van der Waals surface area contributed by atoms with Crippen molar-refractivity contribution in [2.75, 3.05) is 39.8 Å². The second-order valence-electron chi connectivity index (χ2n) is 7.04. The first-order valence-corrected chi connectivity index (χ1v) is 11.4. The molecule has 0 aliphatic carbocycles. The van der Waals surface area contributed by atoms with E-state index in [-0.39, 0.29) is 29.5 Å². The van der Waals surface area contributed by atoms with E-state index in [1.807, 2.05) is 0 Å². The van der Waals surface area contributed by atoms with E-state index in [9.17, 15) is 8.42 Å². The van der Waals surface area contributed by atoms with Crippen molar-refractivity contribution in [3.05, 3.63) is 17.5 Å². The molecule has 2 rings (SSSR count). The summed E-state index contributed by atoms with van der Waals surface area (Å²) in [7, 11) is -1.69. The highest BCUT2D eigenvalue weighted by molar-refractivity contribution is 14.0. The molecule has 1 aliphatic heterocycles. The van der Waals surface area contributed by atoms with E-state index in [0.29, 0.717) is 23.3 Å². The van der Waals surface area contributed by atoms with Crippen LogP contribution < -0.4 is 15.4 Å². The number of piperidine rings is 1. The molecule has 0 atom stereocenters. The Hall–Kier alpha value is -0.430. The van der Waals surface area contributed by atoms with Gasteiger partial charge in [-0.2, -0.15) is 0 Å². The fourth-order valence-electron chi connectivity index (χ4n) is 2.99. The van der Waals surface area contributed by atoms with E-state index in [1.54, 1.807) is 24.6 Å². The molecule has 27 heavy (non-hydrogen) atoms. The number of nitrogens with zero attached hydrogens (tertiary/aromatic N) is 2. The third kappa shape index (κ3) is 7.84. The molecule has 1 aliphatic rings. The van der Waals surface area contributed by atoms with Gasteiger partial charge in [-0.1, -0.05) is 12.5 Å². The molecule has 0 unspecified atom stereocenters. The van der Waals surface area contributed by atoms with E-state index < -0.39 is 10.0 Å². The number of aliphatic imine (C=N–C) groups is 1. The van der Waals surface area contributed by atoms with Gasteiger partial charge in [-0.05, 0) is 51.2 Å². The molecule has 1 aromatic heterocycles. The Morgan fingerprint density at radius 1 is 1.22 bits per heavy atom. The summed E-state index contributed by atoms with van der Waals surface area (Å²) < 4.78 is 27.1. The van der Waals surface area contributed by atoms with E-state index in [1.165, 1.54) is 30.6 Å². The molecule has 0 radical (unpaired) electrons. The maximum absolute atomic E-state index is 12.1. The summed E-state index contributed by atoms with van der Waals surface area (Å²) >= 11 is 1.21. The number of halogens is 1. The third-order valence-electron chi connectivity index (χ3n) is 4.59. The van der Waals surface area contributed by atoms with Crippen LogP contribution in [0.1, 0.15) is 33.1 Å². The number of thiophene rings is 1. The van der Waals surface area contributed by atoms with Gasteiger partial charge in [0.2, 0.25) is 10.0 Å². The number of rotatable bonds is 8. The first-order chi connectivity index (χ1) is 12.3. The van der Waals surface area contributed by atoms with Gasteiger partial charge in [0.25, 0.3) is 0 Å². The van der Waals surface area contributed by atoms with Gasteiger partial charge in [-0.3, -0.25) is 9.89 Å². The van der Waals surface area contributed by atoms with Crippen molar-refractivity contribution >= 4 is 51.3 Å². The van der Waals surface area contributed by atoms with Gasteiger partial charge in [-0.25, -0.2) is 13.1 Å². The lowest BCUT2D eigenvalue weighted by Crippen LogP contribution is -2.55. The Labute approximate surface area is 184 Å². The summed E-state index contributed by atoms with van der Waals surface area (Å²) in [6.07, 6.45) is 3.85. The lowest BCUT2D eigenvalue weighted by Gasteiger charge is -2.41. The Morgan fingerprint density at radius 2 is 1.93 bits per heavy atom. The minimum absolute atomic E-state index is 0. The molecule has 1 aromatic rings. The van der Waals surface area contributed by atoms with Crippen molar-refractivity contribution in [3.8, 4) is 0 Å². The van der Waals surface area contributed by atoms with Crippen molar-refractivity contribution in [2.45, 2.75) is 42.9 Å². The molecule has 0 aromatic carbocycles. The summed E-state index contributed by atoms with van der Waals surface area (Å²) in [5, 5.41) is 8.27. The van der Waals surface area contributed by atoms with Crippen molar-refractivity contribution in [3.63, 3.8) is 0 Å². The summed E-state index contributed by atoms with van der Waals surface area (Å²) in [5.41, 5.74) is 0.0544. The van der Waals surface area contributed by atoms with E-state index in [0.717, 1.165) is 19.6 Å². The van der Waals surface area contributed by atoms with Gasteiger partial charge in [0.1, 0.15) is 4.21 Å². The first-order valence-electron chi connectivity index (χ1n) is 9.08. The van der Waals surface area contributed by atoms with Gasteiger partial charge in [0, 0.05) is 32.2 Å². The van der Waals surface area contributed by atoms with Crippen LogP contribution in [0.5, 0.6) is 0 Å². The van der Waals surface area contributed by atoms with E-state index in [2.05, 4.69) is 39.1 Å². The summed E-state index contributed by atoms with van der Waals surface area (Å²) in [4.78, 5) is 6.74. The SMILES string of the molecule is CN=C(NCCNS(=O)(=O)c1cccs1)NCC(C)(C)N1CCCCC1.I. The molecule has 0 saturated carbocycles. The highest BCUT2D eigenvalue weighted by Gasteiger charge is 2.27. The molecule has 2 heterocycles. The molecule has 3 N–H and O–H groups in total. The summed E-state index contributed by atoms with van der Waals surface area (Å²) in [6.45, 7) is 8.33. The van der Waals surface area contributed by atoms with Crippen LogP contribution in [0, 0.1) is 0 Å². The average Bonchev–Trinajstić information content (AvgIpc) is 3.17. The molecule has 0 amide bonds.